The Balaban J connectivity index is 2.43. The lowest BCUT2D eigenvalue weighted by molar-refractivity contribution is 0.0785. The number of carbonyl (C=O) groups excluding carboxylic acids is 1. The Kier molecular flexibility index (Phi) is 4.53. The normalized spacial score (nSPS) is 10.2. The molecule has 4 heteroatoms. The SMILES string of the molecule is C=CCN(CC=C)C(=O)c1cc2ccccc2c(Cl)n1. The van der Waals surface area contributed by atoms with Crippen LogP contribution in [-0.4, -0.2) is 28.9 Å². The smallest absolute Gasteiger partial charge is 0.273 e. The van der Waals surface area contributed by atoms with E-state index in [1.807, 2.05) is 24.3 Å². The number of aromatic nitrogens is 1. The number of rotatable bonds is 5. The molecule has 20 heavy (non-hydrogen) atoms. The summed E-state index contributed by atoms with van der Waals surface area (Å²) in [6, 6.07) is 9.33. The summed E-state index contributed by atoms with van der Waals surface area (Å²) in [5.74, 6) is -0.183. The van der Waals surface area contributed by atoms with Crippen LogP contribution in [0.4, 0.5) is 0 Å². The minimum absolute atomic E-state index is 0.183. The lowest BCUT2D eigenvalue weighted by atomic mass is 10.1. The molecule has 0 radical (unpaired) electrons. The molecular weight excluding hydrogens is 272 g/mol. The molecule has 0 spiro atoms. The van der Waals surface area contributed by atoms with Crippen LogP contribution in [0.3, 0.4) is 0 Å². The molecule has 0 saturated carbocycles. The molecule has 0 aliphatic rings. The summed E-state index contributed by atoms with van der Waals surface area (Å²) in [5.41, 5.74) is 0.331. The summed E-state index contributed by atoms with van der Waals surface area (Å²) in [6.45, 7) is 8.19. The van der Waals surface area contributed by atoms with Gasteiger partial charge in [0.15, 0.2) is 0 Å². The molecule has 0 aliphatic carbocycles. The number of nitrogens with zero attached hydrogens (tertiary/aromatic N) is 2. The monoisotopic (exact) mass is 286 g/mol. The fourth-order valence-corrected chi connectivity index (χ4v) is 2.24. The van der Waals surface area contributed by atoms with Gasteiger partial charge in [0.05, 0.1) is 0 Å². The molecule has 0 bridgehead atoms. The molecule has 1 aromatic heterocycles. The van der Waals surface area contributed by atoms with E-state index in [1.54, 1.807) is 23.1 Å². The average molecular weight is 287 g/mol. The maximum atomic E-state index is 12.4. The van der Waals surface area contributed by atoms with Crippen molar-refractivity contribution < 1.29 is 4.79 Å². The standard InChI is InChI=1S/C16H15ClN2O/c1-3-9-19(10-4-2)16(20)14-11-12-7-5-6-8-13(12)15(17)18-14/h3-8,11H,1-2,9-10H2. The van der Waals surface area contributed by atoms with Crippen molar-refractivity contribution in [3.05, 3.63) is 66.5 Å². The summed E-state index contributed by atoms with van der Waals surface area (Å²) >= 11 is 6.14. The molecule has 0 fully saturated rings. The third-order valence-corrected chi connectivity index (χ3v) is 3.19. The third kappa shape index (κ3) is 2.89. The first-order valence-electron chi connectivity index (χ1n) is 6.23. The van der Waals surface area contributed by atoms with Crippen molar-refractivity contribution in [3.8, 4) is 0 Å². The Morgan fingerprint density at radius 1 is 1.25 bits per heavy atom. The predicted molar refractivity (Wildman–Crippen MR) is 83.1 cm³/mol. The number of amides is 1. The van der Waals surface area contributed by atoms with E-state index in [4.69, 9.17) is 11.6 Å². The Morgan fingerprint density at radius 3 is 2.55 bits per heavy atom. The van der Waals surface area contributed by atoms with E-state index in [0.29, 0.717) is 23.9 Å². The number of carbonyl (C=O) groups is 1. The first kappa shape index (κ1) is 14.3. The lowest BCUT2D eigenvalue weighted by Crippen LogP contribution is -2.31. The maximum absolute atomic E-state index is 12.4. The summed E-state index contributed by atoms with van der Waals surface area (Å²) in [7, 11) is 0. The summed E-state index contributed by atoms with van der Waals surface area (Å²) in [4.78, 5) is 18.2. The van der Waals surface area contributed by atoms with Crippen molar-refractivity contribution in [2.24, 2.45) is 0 Å². The molecule has 1 aromatic carbocycles. The van der Waals surface area contributed by atoms with Gasteiger partial charge < -0.3 is 4.90 Å². The van der Waals surface area contributed by atoms with E-state index in [9.17, 15) is 4.79 Å². The van der Waals surface area contributed by atoms with Gasteiger partial charge in [-0.1, -0.05) is 48.0 Å². The van der Waals surface area contributed by atoms with Gasteiger partial charge in [0, 0.05) is 18.5 Å². The van der Waals surface area contributed by atoms with Gasteiger partial charge in [0.2, 0.25) is 0 Å². The van der Waals surface area contributed by atoms with E-state index in [0.717, 1.165) is 10.8 Å². The molecule has 0 saturated heterocycles. The van der Waals surface area contributed by atoms with Crippen molar-refractivity contribution in [1.29, 1.82) is 0 Å². The van der Waals surface area contributed by atoms with Crippen LogP contribution in [0.2, 0.25) is 5.15 Å². The molecule has 2 rings (SSSR count). The molecule has 0 N–H and O–H groups in total. The largest absolute Gasteiger partial charge is 0.330 e. The zero-order valence-electron chi connectivity index (χ0n) is 11.1. The van der Waals surface area contributed by atoms with Crippen LogP contribution in [0.15, 0.2) is 55.6 Å². The second-order valence-corrected chi connectivity index (χ2v) is 4.66. The van der Waals surface area contributed by atoms with Crippen molar-refractivity contribution in [1.82, 2.24) is 9.88 Å². The Hall–Kier alpha value is -2.13. The second kappa shape index (κ2) is 6.35. The Bertz CT molecular complexity index is 657. The highest BCUT2D eigenvalue weighted by molar-refractivity contribution is 6.34. The van der Waals surface area contributed by atoms with Gasteiger partial charge in [-0.3, -0.25) is 4.79 Å². The van der Waals surface area contributed by atoms with Gasteiger partial charge in [-0.15, -0.1) is 13.2 Å². The minimum Gasteiger partial charge on any atom is -0.330 e. The summed E-state index contributed by atoms with van der Waals surface area (Å²) in [5, 5.41) is 2.07. The molecule has 0 aliphatic heterocycles. The van der Waals surface area contributed by atoms with E-state index in [2.05, 4.69) is 18.1 Å². The fourth-order valence-electron chi connectivity index (χ4n) is 1.98. The highest BCUT2D eigenvalue weighted by Gasteiger charge is 2.16. The van der Waals surface area contributed by atoms with Gasteiger partial charge in [-0.25, -0.2) is 4.98 Å². The third-order valence-electron chi connectivity index (χ3n) is 2.90. The van der Waals surface area contributed by atoms with E-state index < -0.39 is 0 Å². The number of fused-ring (bicyclic) bond motifs is 1. The van der Waals surface area contributed by atoms with Gasteiger partial charge in [-0.2, -0.15) is 0 Å². The first-order valence-corrected chi connectivity index (χ1v) is 6.61. The zero-order chi connectivity index (χ0) is 14.5. The molecular formula is C16H15ClN2O. The van der Waals surface area contributed by atoms with Gasteiger partial charge in [-0.05, 0) is 11.5 Å². The van der Waals surface area contributed by atoms with E-state index in [1.165, 1.54) is 0 Å². The van der Waals surface area contributed by atoms with Crippen molar-refractivity contribution >= 4 is 28.3 Å². The fraction of sp³-hybridized carbons (Fsp3) is 0.125. The summed E-state index contributed by atoms with van der Waals surface area (Å²) < 4.78 is 0. The molecule has 0 atom stereocenters. The van der Waals surface area contributed by atoms with Crippen molar-refractivity contribution in [3.63, 3.8) is 0 Å². The Morgan fingerprint density at radius 2 is 1.90 bits per heavy atom. The Labute approximate surface area is 123 Å². The van der Waals surface area contributed by atoms with Crippen molar-refractivity contribution in [2.45, 2.75) is 0 Å². The highest BCUT2D eigenvalue weighted by atomic mass is 35.5. The highest BCUT2D eigenvalue weighted by Crippen LogP contribution is 2.22. The quantitative estimate of drug-likeness (QED) is 0.620. The molecule has 1 heterocycles. The second-order valence-electron chi connectivity index (χ2n) is 4.31. The first-order chi connectivity index (χ1) is 9.67. The zero-order valence-corrected chi connectivity index (χ0v) is 11.8. The maximum Gasteiger partial charge on any atom is 0.273 e. The van der Waals surface area contributed by atoms with Gasteiger partial charge >= 0.3 is 0 Å². The lowest BCUT2D eigenvalue weighted by Gasteiger charge is -2.19. The molecule has 3 nitrogen and oxygen atoms in total. The molecule has 2 aromatic rings. The number of hydrogen-bond acceptors (Lipinski definition) is 2. The van der Waals surface area contributed by atoms with Gasteiger partial charge in [0.25, 0.3) is 5.91 Å². The predicted octanol–water partition coefficient (Wildman–Crippen LogP) is 3.70. The van der Waals surface area contributed by atoms with E-state index in [-0.39, 0.29) is 5.91 Å². The van der Waals surface area contributed by atoms with Crippen LogP contribution in [-0.2, 0) is 0 Å². The summed E-state index contributed by atoms with van der Waals surface area (Å²) in [6.07, 6.45) is 3.34. The van der Waals surface area contributed by atoms with Crippen molar-refractivity contribution in [2.75, 3.05) is 13.1 Å². The minimum atomic E-state index is -0.183. The molecule has 0 unspecified atom stereocenters. The van der Waals surface area contributed by atoms with Crippen LogP contribution in [0, 0.1) is 0 Å². The average Bonchev–Trinajstić information content (AvgIpc) is 2.46. The topological polar surface area (TPSA) is 33.2 Å². The number of hydrogen-bond donors (Lipinski definition) is 0. The van der Waals surface area contributed by atoms with Crippen LogP contribution >= 0.6 is 11.6 Å². The van der Waals surface area contributed by atoms with E-state index >= 15 is 0 Å². The van der Waals surface area contributed by atoms with Crippen LogP contribution < -0.4 is 0 Å². The van der Waals surface area contributed by atoms with Crippen LogP contribution in [0.25, 0.3) is 10.8 Å². The number of benzene rings is 1. The van der Waals surface area contributed by atoms with Crippen LogP contribution in [0.1, 0.15) is 10.5 Å². The van der Waals surface area contributed by atoms with Gasteiger partial charge in [0.1, 0.15) is 10.8 Å². The molecule has 1 amide bonds. The molecule has 102 valence electrons. The number of halogens is 1. The van der Waals surface area contributed by atoms with Crippen LogP contribution in [0.5, 0.6) is 0 Å². The number of pyridine rings is 1.